The quantitative estimate of drug-likeness (QED) is 0.800. The Morgan fingerprint density at radius 2 is 2.04 bits per heavy atom. The minimum absolute atomic E-state index is 0.128. The van der Waals surface area contributed by atoms with Gasteiger partial charge in [-0.25, -0.2) is 4.39 Å². The topological polar surface area (TPSA) is 21.3 Å². The lowest BCUT2D eigenvalue weighted by atomic mass is 9.87. The minimum atomic E-state index is -0.208. The monoisotopic (exact) mass is 333 g/mol. The van der Waals surface area contributed by atoms with Gasteiger partial charge in [-0.05, 0) is 58.2 Å². The molecule has 2 bridgehead atoms. The summed E-state index contributed by atoms with van der Waals surface area (Å²) in [4.78, 5) is 0. The number of hydrogen-bond acceptors (Lipinski definition) is 2. The smallest absolute Gasteiger partial charge is 0.103 e. The minimum Gasteiger partial charge on any atom is -0.388 e. The molecule has 25 heavy (non-hydrogen) atoms. The van der Waals surface area contributed by atoms with Crippen LogP contribution in [0.4, 0.5) is 10.1 Å². The first kappa shape index (κ1) is 15.9. The van der Waals surface area contributed by atoms with Gasteiger partial charge in [-0.3, -0.25) is 0 Å². The van der Waals surface area contributed by atoms with Crippen LogP contribution in [0.5, 0.6) is 0 Å². The van der Waals surface area contributed by atoms with E-state index in [0.717, 1.165) is 33.5 Å². The van der Waals surface area contributed by atoms with E-state index in [4.69, 9.17) is 4.74 Å². The number of benzene rings is 2. The lowest BCUT2D eigenvalue weighted by molar-refractivity contribution is 0.0668. The lowest BCUT2D eigenvalue weighted by Gasteiger charge is -2.25. The first-order chi connectivity index (χ1) is 12.2. The van der Waals surface area contributed by atoms with Crippen molar-refractivity contribution in [2.24, 2.45) is 0 Å². The van der Waals surface area contributed by atoms with E-state index in [1.54, 1.807) is 6.08 Å². The van der Waals surface area contributed by atoms with Gasteiger partial charge in [0.05, 0.1) is 12.7 Å². The first-order valence-electron chi connectivity index (χ1n) is 8.50. The maximum Gasteiger partial charge on any atom is 0.103 e. The van der Waals surface area contributed by atoms with Crippen LogP contribution in [0.25, 0.3) is 11.6 Å². The number of hydrogen-bond donors (Lipinski definition) is 1. The van der Waals surface area contributed by atoms with Gasteiger partial charge in [-0.1, -0.05) is 36.4 Å². The summed E-state index contributed by atoms with van der Waals surface area (Å²) in [5, 5.41) is 3.16. The van der Waals surface area contributed by atoms with E-state index < -0.39 is 0 Å². The number of fused-ring (bicyclic) bond motifs is 2. The second kappa shape index (κ2) is 6.69. The molecule has 1 aliphatic heterocycles. The van der Waals surface area contributed by atoms with Crippen LogP contribution in [0, 0.1) is 0 Å². The van der Waals surface area contributed by atoms with Gasteiger partial charge in [0.2, 0.25) is 0 Å². The summed E-state index contributed by atoms with van der Waals surface area (Å²) in [6, 6.07) is 16.4. The molecule has 126 valence electrons. The van der Waals surface area contributed by atoms with Crippen molar-refractivity contribution >= 4 is 17.3 Å². The van der Waals surface area contributed by atoms with E-state index in [1.165, 1.54) is 0 Å². The number of halogens is 1. The van der Waals surface area contributed by atoms with Crippen molar-refractivity contribution in [1.82, 2.24) is 0 Å². The predicted octanol–water partition coefficient (Wildman–Crippen LogP) is 5.35. The summed E-state index contributed by atoms with van der Waals surface area (Å²) in [6.45, 7) is 0.492. The molecule has 2 aliphatic rings. The standard InChI is InChI=1S/C22H20FNO/c1-24-19-7-4-5-15(9-19)10-22-17-11-18(23)13-20(12-17)25-14-16-6-2-3-8-21(16)22/h2-12,20,24H,13-14H2,1H3/b22-10+. The Morgan fingerprint density at radius 1 is 1.16 bits per heavy atom. The zero-order valence-corrected chi connectivity index (χ0v) is 14.1. The van der Waals surface area contributed by atoms with Gasteiger partial charge in [0.25, 0.3) is 0 Å². The molecule has 2 nitrogen and oxygen atoms in total. The summed E-state index contributed by atoms with van der Waals surface area (Å²) >= 11 is 0. The molecule has 0 radical (unpaired) electrons. The van der Waals surface area contributed by atoms with Crippen molar-refractivity contribution in [3.63, 3.8) is 0 Å². The predicted molar refractivity (Wildman–Crippen MR) is 101 cm³/mol. The second-order valence-electron chi connectivity index (χ2n) is 6.36. The largest absolute Gasteiger partial charge is 0.388 e. The number of anilines is 1. The maximum atomic E-state index is 14.1. The van der Waals surface area contributed by atoms with Crippen LogP contribution in [-0.4, -0.2) is 13.2 Å². The Balaban J connectivity index is 1.89. The molecule has 1 heterocycles. The Kier molecular flexibility index (Phi) is 4.24. The SMILES string of the molecule is CNc1cccc(/C=C2\C3=CC(CC(F)=C3)OCc3ccccc32)c1. The van der Waals surface area contributed by atoms with E-state index in [1.807, 2.05) is 37.4 Å². The Bertz CT molecular complexity index is 894. The van der Waals surface area contributed by atoms with Gasteiger partial charge < -0.3 is 10.1 Å². The summed E-state index contributed by atoms with van der Waals surface area (Å²) in [7, 11) is 1.90. The van der Waals surface area contributed by atoms with Crippen molar-refractivity contribution in [3.05, 3.63) is 88.8 Å². The molecule has 2 aromatic rings. The Hall–Kier alpha value is -2.65. The van der Waals surface area contributed by atoms with Crippen LogP contribution < -0.4 is 5.32 Å². The second-order valence-corrected chi connectivity index (χ2v) is 6.36. The molecule has 0 saturated carbocycles. The highest BCUT2D eigenvalue weighted by atomic mass is 19.1. The van der Waals surface area contributed by atoms with Crippen LogP contribution in [0.1, 0.15) is 23.1 Å². The molecule has 1 aliphatic carbocycles. The van der Waals surface area contributed by atoms with Gasteiger partial charge in [0.1, 0.15) is 5.83 Å². The van der Waals surface area contributed by atoms with Gasteiger partial charge in [0.15, 0.2) is 0 Å². The number of rotatable bonds is 2. The van der Waals surface area contributed by atoms with Crippen LogP contribution in [-0.2, 0) is 11.3 Å². The molecule has 4 rings (SSSR count). The highest BCUT2D eigenvalue weighted by Gasteiger charge is 2.23. The third-order valence-corrected chi connectivity index (χ3v) is 4.63. The van der Waals surface area contributed by atoms with E-state index >= 15 is 0 Å². The van der Waals surface area contributed by atoms with Crippen LogP contribution in [0.3, 0.4) is 0 Å². The summed E-state index contributed by atoms with van der Waals surface area (Å²) in [5.41, 5.74) is 6.27. The van der Waals surface area contributed by atoms with E-state index in [0.29, 0.717) is 13.0 Å². The fraction of sp³-hybridized carbons (Fsp3) is 0.182. The van der Waals surface area contributed by atoms with Crippen molar-refractivity contribution in [2.45, 2.75) is 19.1 Å². The van der Waals surface area contributed by atoms with Crippen molar-refractivity contribution < 1.29 is 9.13 Å². The molecule has 2 aromatic carbocycles. The zero-order valence-electron chi connectivity index (χ0n) is 14.1. The maximum absolute atomic E-state index is 14.1. The molecule has 3 heteroatoms. The average molecular weight is 333 g/mol. The number of allylic oxidation sites excluding steroid dienone is 3. The molecule has 0 saturated heterocycles. The lowest BCUT2D eigenvalue weighted by Crippen LogP contribution is -2.17. The highest BCUT2D eigenvalue weighted by Crippen LogP contribution is 2.36. The van der Waals surface area contributed by atoms with Gasteiger partial charge in [-0.2, -0.15) is 0 Å². The Labute approximate surface area is 147 Å². The van der Waals surface area contributed by atoms with Crippen molar-refractivity contribution in [3.8, 4) is 0 Å². The molecular weight excluding hydrogens is 313 g/mol. The zero-order chi connectivity index (χ0) is 17.2. The fourth-order valence-corrected chi connectivity index (χ4v) is 3.37. The van der Waals surface area contributed by atoms with Crippen LogP contribution in [0.15, 0.2) is 72.1 Å². The van der Waals surface area contributed by atoms with Crippen LogP contribution in [0.2, 0.25) is 0 Å². The van der Waals surface area contributed by atoms with Gasteiger partial charge >= 0.3 is 0 Å². The normalized spacial score (nSPS) is 20.9. The molecule has 0 aromatic heterocycles. The summed E-state index contributed by atoms with van der Waals surface area (Å²) in [5.74, 6) is -0.128. The van der Waals surface area contributed by atoms with Crippen molar-refractivity contribution in [2.75, 3.05) is 12.4 Å². The van der Waals surface area contributed by atoms with Gasteiger partial charge in [0, 0.05) is 19.2 Å². The van der Waals surface area contributed by atoms with E-state index in [-0.39, 0.29) is 11.9 Å². The molecule has 1 unspecified atom stereocenters. The number of nitrogens with one attached hydrogen (secondary N) is 1. The molecule has 0 spiro atoms. The van der Waals surface area contributed by atoms with Gasteiger partial charge in [-0.15, -0.1) is 0 Å². The first-order valence-corrected chi connectivity index (χ1v) is 8.50. The molecular formula is C22H20FNO. The fourth-order valence-electron chi connectivity index (χ4n) is 3.37. The van der Waals surface area contributed by atoms with Crippen molar-refractivity contribution in [1.29, 1.82) is 0 Å². The third-order valence-electron chi connectivity index (χ3n) is 4.63. The molecule has 0 amide bonds. The average Bonchev–Trinajstić information content (AvgIpc) is 2.64. The van der Waals surface area contributed by atoms with E-state index in [2.05, 4.69) is 35.7 Å². The molecule has 1 N–H and O–H groups in total. The Morgan fingerprint density at radius 3 is 2.92 bits per heavy atom. The molecule has 0 fully saturated rings. The van der Waals surface area contributed by atoms with E-state index in [9.17, 15) is 4.39 Å². The van der Waals surface area contributed by atoms with Crippen LogP contribution >= 0.6 is 0 Å². The highest BCUT2D eigenvalue weighted by molar-refractivity contribution is 5.94. The summed E-state index contributed by atoms with van der Waals surface area (Å²) < 4.78 is 20.0. The molecule has 1 atom stereocenters. The number of ether oxygens (including phenoxy) is 1. The summed E-state index contributed by atoms with van der Waals surface area (Å²) in [6.07, 6.45) is 5.90. The third kappa shape index (κ3) is 3.28.